The summed E-state index contributed by atoms with van der Waals surface area (Å²) in [5, 5.41) is 0. The normalized spacial score (nSPS) is 19.7. The van der Waals surface area contributed by atoms with E-state index in [9.17, 15) is 9.59 Å². The molecule has 2 aromatic rings. The number of hydrogen-bond acceptors (Lipinski definition) is 2. The summed E-state index contributed by atoms with van der Waals surface area (Å²) in [6.45, 7) is 4.26. The van der Waals surface area contributed by atoms with E-state index >= 15 is 0 Å². The van der Waals surface area contributed by atoms with Crippen molar-refractivity contribution in [3.63, 3.8) is 0 Å². The van der Waals surface area contributed by atoms with Crippen molar-refractivity contribution >= 4 is 17.9 Å². The van der Waals surface area contributed by atoms with Gasteiger partial charge in [0.15, 0.2) is 0 Å². The molecule has 156 valence electrons. The monoisotopic (exact) mass is 402 g/mol. The molecule has 1 atom stereocenters. The minimum atomic E-state index is 0.0199. The average Bonchev–Trinajstić information content (AvgIpc) is 2.82. The zero-order chi connectivity index (χ0) is 20.9. The first-order valence-corrected chi connectivity index (χ1v) is 11.1. The second kappa shape index (κ2) is 9.29. The summed E-state index contributed by atoms with van der Waals surface area (Å²) >= 11 is 0. The van der Waals surface area contributed by atoms with Crippen LogP contribution in [0.4, 0.5) is 0 Å². The van der Waals surface area contributed by atoms with Crippen molar-refractivity contribution in [3.8, 4) is 0 Å². The summed E-state index contributed by atoms with van der Waals surface area (Å²) in [6.07, 6.45) is 6.86. The van der Waals surface area contributed by atoms with E-state index < -0.39 is 0 Å². The quantitative estimate of drug-likeness (QED) is 0.708. The lowest BCUT2D eigenvalue weighted by molar-refractivity contribution is -0.142. The number of amides is 2. The van der Waals surface area contributed by atoms with Gasteiger partial charge in [-0.25, -0.2) is 0 Å². The predicted molar refractivity (Wildman–Crippen MR) is 120 cm³/mol. The van der Waals surface area contributed by atoms with Crippen molar-refractivity contribution in [3.05, 3.63) is 77.4 Å². The number of hydrogen-bond donors (Lipinski definition) is 0. The largest absolute Gasteiger partial charge is 0.339 e. The molecule has 2 heterocycles. The van der Waals surface area contributed by atoms with Gasteiger partial charge in [-0.1, -0.05) is 61.5 Å². The molecule has 2 amide bonds. The molecule has 4 rings (SSSR count). The third kappa shape index (κ3) is 4.33. The summed E-state index contributed by atoms with van der Waals surface area (Å²) in [5.41, 5.74) is 3.70. The van der Waals surface area contributed by atoms with Crippen LogP contribution in [0.15, 0.2) is 60.7 Å². The number of fused-ring (bicyclic) bond motifs is 1. The van der Waals surface area contributed by atoms with E-state index in [2.05, 4.69) is 36.1 Å². The molecule has 0 spiro atoms. The second-order valence-electron chi connectivity index (χ2n) is 8.25. The van der Waals surface area contributed by atoms with E-state index in [0.717, 1.165) is 37.8 Å². The first kappa shape index (κ1) is 20.4. The number of benzene rings is 2. The van der Waals surface area contributed by atoms with Gasteiger partial charge in [-0.05, 0) is 48.4 Å². The molecule has 0 saturated carbocycles. The maximum atomic E-state index is 13.3. The van der Waals surface area contributed by atoms with E-state index in [0.29, 0.717) is 13.1 Å². The van der Waals surface area contributed by atoms with Crippen LogP contribution in [0, 0.1) is 5.92 Å². The number of carbonyl (C=O) groups excluding carboxylic acids is 2. The minimum absolute atomic E-state index is 0.0199. The maximum Gasteiger partial charge on any atom is 0.246 e. The summed E-state index contributed by atoms with van der Waals surface area (Å²) in [6, 6.07) is 18.5. The first-order valence-electron chi connectivity index (χ1n) is 11.1. The molecular formula is C26H30N2O2. The minimum Gasteiger partial charge on any atom is -0.339 e. The van der Waals surface area contributed by atoms with Crippen molar-refractivity contribution in [1.82, 2.24) is 9.80 Å². The molecule has 1 fully saturated rings. The van der Waals surface area contributed by atoms with E-state index in [-0.39, 0.29) is 23.8 Å². The van der Waals surface area contributed by atoms with Crippen LogP contribution >= 0.6 is 0 Å². The Balaban J connectivity index is 1.35. The van der Waals surface area contributed by atoms with E-state index in [1.54, 1.807) is 6.08 Å². The van der Waals surface area contributed by atoms with Crippen molar-refractivity contribution in [2.75, 3.05) is 19.6 Å². The highest BCUT2D eigenvalue weighted by Crippen LogP contribution is 2.34. The second-order valence-corrected chi connectivity index (χ2v) is 8.25. The van der Waals surface area contributed by atoms with Crippen LogP contribution in [0.25, 0.3) is 6.08 Å². The van der Waals surface area contributed by atoms with Gasteiger partial charge in [0.05, 0.1) is 6.04 Å². The Hall–Kier alpha value is -2.88. The van der Waals surface area contributed by atoms with E-state index in [1.807, 2.05) is 41.3 Å². The fourth-order valence-electron chi connectivity index (χ4n) is 4.77. The topological polar surface area (TPSA) is 40.6 Å². The lowest BCUT2D eigenvalue weighted by Crippen LogP contribution is -2.47. The Morgan fingerprint density at radius 2 is 1.67 bits per heavy atom. The van der Waals surface area contributed by atoms with Crippen LogP contribution in [0.1, 0.15) is 48.9 Å². The van der Waals surface area contributed by atoms with Gasteiger partial charge in [-0.15, -0.1) is 0 Å². The van der Waals surface area contributed by atoms with Gasteiger partial charge in [0.1, 0.15) is 0 Å². The average molecular weight is 403 g/mol. The Labute approximate surface area is 179 Å². The third-order valence-electron chi connectivity index (χ3n) is 6.46. The van der Waals surface area contributed by atoms with Gasteiger partial charge >= 0.3 is 0 Å². The highest BCUT2D eigenvalue weighted by Gasteiger charge is 2.35. The van der Waals surface area contributed by atoms with Gasteiger partial charge in [0.25, 0.3) is 0 Å². The molecule has 1 saturated heterocycles. The van der Waals surface area contributed by atoms with Crippen LogP contribution in [0.2, 0.25) is 0 Å². The van der Waals surface area contributed by atoms with Crippen LogP contribution in [0.3, 0.4) is 0 Å². The summed E-state index contributed by atoms with van der Waals surface area (Å²) in [5.74, 6) is 0.317. The van der Waals surface area contributed by atoms with E-state index in [1.165, 1.54) is 11.1 Å². The molecule has 0 aliphatic carbocycles. The number of piperidine rings is 1. The molecule has 2 aliphatic rings. The highest BCUT2D eigenvalue weighted by atomic mass is 16.2. The molecule has 4 heteroatoms. The number of rotatable bonds is 4. The summed E-state index contributed by atoms with van der Waals surface area (Å²) in [4.78, 5) is 29.8. The third-order valence-corrected chi connectivity index (χ3v) is 6.46. The van der Waals surface area contributed by atoms with Gasteiger partial charge in [0, 0.05) is 31.6 Å². The first-order chi connectivity index (χ1) is 14.7. The zero-order valence-electron chi connectivity index (χ0n) is 17.7. The molecule has 2 aromatic carbocycles. The smallest absolute Gasteiger partial charge is 0.246 e. The van der Waals surface area contributed by atoms with Gasteiger partial charge in [-0.3, -0.25) is 9.59 Å². The molecule has 0 aromatic heterocycles. The summed E-state index contributed by atoms with van der Waals surface area (Å²) in [7, 11) is 0. The number of carbonyl (C=O) groups is 2. The Kier molecular flexibility index (Phi) is 6.32. The lowest BCUT2D eigenvalue weighted by Gasteiger charge is -2.40. The highest BCUT2D eigenvalue weighted by molar-refractivity contribution is 5.92. The maximum absolute atomic E-state index is 13.3. The Morgan fingerprint density at radius 3 is 2.40 bits per heavy atom. The SMILES string of the molecule is CCC1c2ccccc2CCN1C(=O)C1CCN(C(=O)C=Cc2ccccc2)CC1. The standard InChI is InChI=1S/C26H30N2O2/c1-2-24-23-11-7-6-10-21(23)16-19-28(24)26(30)22-14-17-27(18-15-22)25(29)13-12-20-8-4-3-5-9-20/h3-13,22,24H,2,14-19H2,1H3. The molecule has 0 N–H and O–H groups in total. The molecular weight excluding hydrogens is 372 g/mol. The van der Waals surface area contributed by atoms with Gasteiger partial charge < -0.3 is 9.80 Å². The van der Waals surface area contributed by atoms with Crippen LogP contribution in [-0.4, -0.2) is 41.2 Å². The number of likely N-dealkylation sites (tertiary alicyclic amines) is 1. The molecule has 0 radical (unpaired) electrons. The van der Waals surface area contributed by atoms with Gasteiger partial charge in [-0.2, -0.15) is 0 Å². The van der Waals surface area contributed by atoms with Crippen molar-refractivity contribution in [2.24, 2.45) is 5.92 Å². The molecule has 30 heavy (non-hydrogen) atoms. The van der Waals surface area contributed by atoms with Crippen molar-refractivity contribution in [1.29, 1.82) is 0 Å². The fraction of sp³-hybridized carbons (Fsp3) is 0.385. The van der Waals surface area contributed by atoms with Crippen LogP contribution in [0.5, 0.6) is 0 Å². The fourth-order valence-corrected chi connectivity index (χ4v) is 4.77. The van der Waals surface area contributed by atoms with Crippen molar-refractivity contribution < 1.29 is 9.59 Å². The zero-order valence-corrected chi connectivity index (χ0v) is 17.7. The Bertz CT molecular complexity index is 914. The summed E-state index contributed by atoms with van der Waals surface area (Å²) < 4.78 is 0. The van der Waals surface area contributed by atoms with Crippen LogP contribution in [-0.2, 0) is 16.0 Å². The van der Waals surface area contributed by atoms with Crippen LogP contribution < -0.4 is 0 Å². The molecule has 1 unspecified atom stereocenters. The van der Waals surface area contributed by atoms with Gasteiger partial charge in [0.2, 0.25) is 11.8 Å². The van der Waals surface area contributed by atoms with E-state index in [4.69, 9.17) is 0 Å². The predicted octanol–water partition coefficient (Wildman–Crippen LogP) is 4.47. The Morgan fingerprint density at radius 1 is 0.967 bits per heavy atom. The molecule has 0 bridgehead atoms. The lowest BCUT2D eigenvalue weighted by atomic mass is 9.88. The molecule has 2 aliphatic heterocycles. The van der Waals surface area contributed by atoms with Crippen molar-refractivity contribution in [2.45, 2.75) is 38.6 Å². The number of nitrogens with zero attached hydrogens (tertiary/aromatic N) is 2. The molecule has 4 nitrogen and oxygen atoms in total.